The number of carboxylic acids is 1. The molecule has 3 aromatic rings. The lowest BCUT2D eigenvalue weighted by Crippen LogP contribution is -2.41. The maximum absolute atomic E-state index is 13.1. The van der Waals surface area contributed by atoms with Crippen LogP contribution < -0.4 is 5.32 Å². The molecule has 4 rings (SSSR count). The minimum Gasteiger partial charge on any atom is -0.481 e. The molecule has 6 nitrogen and oxygen atoms in total. The fourth-order valence-electron chi connectivity index (χ4n) is 4.25. The lowest BCUT2D eigenvalue weighted by Gasteiger charge is -2.27. The number of rotatable bonds is 7. The standard InChI is InChI=1S/C23H24FN3O3/c1-14(15-4-6-16(24)7-5-15)21(28)12-26-17-8-9-20-19(11-22(29)30)18-3-2-10-25-23(18)27(20)13-17/h2-7,10,14,17,26H,8-9,11-13H2,1H3,(H,29,30)/t14-,17-/m1/s1. The SMILES string of the molecule is C[C@@H](C(=O)CN[C@@H]1CCc2c(CC(=O)O)c3cccnc3n2C1)c1ccc(F)cc1. The van der Waals surface area contributed by atoms with Crippen LogP contribution in [0.3, 0.4) is 0 Å². The second-order valence-corrected chi connectivity index (χ2v) is 7.84. The van der Waals surface area contributed by atoms with E-state index in [1.807, 2.05) is 19.1 Å². The van der Waals surface area contributed by atoms with Gasteiger partial charge in [-0.25, -0.2) is 9.37 Å². The van der Waals surface area contributed by atoms with Crippen LogP contribution in [-0.2, 0) is 29.0 Å². The Morgan fingerprint density at radius 3 is 2.80 bits per heavy atom. The highest BCUT2D eigenvalue weighted by molar-refractivity contribution is 5.87. The summed E-state index contributed by atoms with van der Waals surface area (Å²) in [4.78, 5) is 28.4. The molecule has 2 N–H and O–H groups in total. The molecule has 0 radical (unpaired) electrons. The molecule has 156 valence electrons. The molecule has 1 aliphatic heterocycles. The fraction of sp³-hybridized carbons (Fsp3) is 0.348. The van der Waals surface area contributed by atoms with E-state index < -0.39 is 5.97 Å². The van der Waals surface area contributed by atoms with Crippen molar-refractivity contribution in [1.82, 2.24) is 14.9 Å². The number of Topliss-reactive ketones (excluding diaryl/α,β-unsaturated/α-hetero) is 1. The highest BCUT2D eigenvalue weighted by atomic mass is 19.1. The van der Waals surface area contributed by atoms with E-state index in [0.29, 0.717) is 6.54 Å². The smallest absolute Gasteiger partial charge is 0.307 e. The first-order valence-corrected chi connectivity index (χ1v) is 10.1. The van der Waals surface area contributed by atoms with Gasteiger partial charge in [-0.3, -0.25) is 9.59 Å². The van der Waals surface area contributed by atoms with E-state index in [0.717, 1.165) is 40.7 Å². The van der Waals surface area contributed by atoms with E-state index in [-0.39, 0.29) is 36.5 Å². The molecule has 7 heteroatoms. The molecule has 0 spiro atoms. The molecule has 0 bridgehead atoms. The minimum absolute atomic E-state index is 0.0176. The number of carbonyl (C=O) groups excluding carboxylic acids is 1. The van der Waals surface area contributed by atoms with E-state index in [2.05, 4.69) is 14.9 Å². The number of hydrogen-bond acceptors (Lipinski definition) is 4. The lowest BCUT2D eigenvalue weighted by atomic mass is 9.96. The van der Waals surface area contributed by atoms with Gasteiger partial charge in [0.1, 0.15) is 11.5 Å². The molecule has 30 heavy (non-hydrogen) atoms. The van der Waals surface area contributed by atoms with E-state index in [1.165, 1.54) is 12.1 Å². The van der Waals surface area contributed by atoms with Crippen LogP contribution in [0.5, 0.6) is 0 Å². The molecule has 3 heterocycles. The molecular formula is C23H24FN3O3. The van der Waals surface area contributed by atoms with Crippen LogP contribution in [0, 0.1) is 5.82 Å². The van der Waals surface area contributed by atoms with Crippen molar-refractivity contribution >= 4 is 22.8 Å². The number of aromatic nitrogens is 2. The van der Waals surface area contributed by atoms with Crippen molar-refractivity contribution in [2.24, 2.45) is 0 Å². The zero-order chi connectivity index (χ0) is 21.3. The average molecular weight is 409 g/mol. The third-order valence-corrected chi connectivity index (χ3v) is 5.92. The van der Waals surface area contributed by atoms with E-state index in [9.17, 15) is 19.1 Å². The number of ketones is 1. The normalized spacial score (nSPS) is 16.9. The fourth-order valence-corrected chi connectivity index (χ4v) is 4.25. The van der Waals surface area contributed by atoms with Crippen LogP contribution in [-0.4, -0.2) is 39.0 Å². The van der Waals surface area contributed by atoms with Crippen molar-refractivity contribution in [2.45, 2.75) is 44.7 Å². The summed E-state index contributed by atoms with van der Waals surface area (Å²) in [5.74, 6) is -1.43. The molecular weight excluding hydrogens is 385 g/mol. The van der Waals surface area contributed by atoms with Gasteiger partial charge in [0, 0.05) is 35.8 Å². The third kappa shape index (κ3) is 3.98. The van der Waals surface area contributed by atoms with Gasteiger partial charge in [-0.2, -0.15) is 0 Å². The number of nitrogens with zero attached hydrogens (tertiary/aromatic N) is 2. The lowest BCUT2D eigenvalue weighted by molar-refractivity contribution is -0.136. The quantitative estimate of drug-likeness (QED) is 0.627. The van der Waals surface area contributed by atoms with Gasteiger partial charge in [0.25, 0.3) is 0 Å². The van der Waals surface area contributed by atoms with Gasteiger partial charge in [-0.15, -0.1) is 0 Å². The maximum Gasteiger partial charge on any atom is 0.307 e. The van der Waals surface area contributed by atoms with Gasteiger partial charge in [-0.1, -0.05) is 19.1 Å². The Hall–Kier alpha value is -3.06. The maximum atomic E-state index is 13.1. The van der Waals surface area contributed by atoms with Gasteiger partial charge >= 0.3 is 5.97 Å². The van der Waals surface area contributed by atoms with Crippen LogP contribution in [0.15, 0.2) is 42.6 Å². The highest BCUT2D eigenvalue weighted by Gasteiger charge is 2.27. The summed E-state index contributed by atoms with van der Waals surface area (Å²) >= 11 is 0. The molecule has 2 aromatic heterocycles. The number of hydrogen-bond donors (Lipinski definition) is 2. The summed E-state index contributed by atoms with van der Waals surface area (Å²) in [6.45, 7) is 2.70. The second kappa shape index (κ2) is 8.36. The summed E-state index contributed by atoms with van der Waals surface area (Å²) < 4.78 is 15.2. The van der Waals surface area contributed by atoms with Crippen LogP contribution in [0.2, 0.25) is 0 Å². The minimum atomic E-state index is -0.852. The Morgan fingerprint density at radius 1 is 1.30 bits per heavy atom. The van der Waals surface area contributed by atoms with Crippen molar-refractivity contribution in [3.8, 4) is 0 Å². The van der Waals surface area contributed by atoms with Gasteiger partial charge in [0.05, 0.1) is 13.0 Å². The molecule has 2 atom stereocenters. The molecule has 0 amide bonds. The Morgan fingerprint density at radius 2 is 2.07 bits per heavy atom. The van der Waals surface area contributed by atoms with Gasteiger partial charge in [0.2, 0.25) is 0 Å². The number of fused-ring (bicyclic) bond motifs is 3. The number of benzene rings is 1. The zero-order valence-electron chi connectivity index (χ0n) is 16.8. The first-order chi connectivity index (χ1) is 14.4. The molecule has 1 aromatic carbocycles. The number of nitrogens with one attached hydrogen (secondary N) is 1. The van der Waals surface area contributed by atoms with Gasteiger partial charge < -0.3 is 15.0 Å². The Bertz CT molecular complexity index is 1090. The number of halogens is 1. The van der Waals surface area contributed by atoms with Gasteiger partial charge in [-0.05, 0) is 48.2 Å². The zero-order valence-corrected chi connectivity index (χ0v) is 16.8. The largest absolute Gasteiger partial charge is 0.481 e. The van der Waals surface area contributed by atoms with Crippen molar-refractivity contribution < 1.29 is 19.1 Å². The first kappa shape index (κ1) is 20.2. The van der Waals surface area contributed by atoms with E-state index >= 15 is 0 Å². The van der Waals surface area contributed by atoms with Crippen LogP contribution >= 0.6 is 0 Å². The molecule has 0 saturated carbocycles. The van der Waals surface area contributed by atoms with Crippen LogP contribution in [0.1, 0.15) is 36.1 Å². The van der Waals surface area contributed by atoms with Crippen LogP contribution in [0.25, 0.3) is 11.0 Å². The number of pyridine rings is 1. The summed E-state index contributed by atoms with van der Waals surface area (Å²) in [6, 6.07) is 9.87. The summed E-state index contributed by atoms with van der Waals surface area (Å²) in [6.07, 6.45) is 3.25. The Kier molecular flexibility index (Phi) is 5.63. The monoisotopic (exact) mass is 409 g/mol. The molecule has 0 fully saturated rings. The number of aliphatic carboxylic acids is 1. The van der Waals surface area contributed by atoms with E-state index in [1.54, 1.807) is 18.3 Å². The predicted octanol–water partition coefficient (Wildman–Crippen LogP) is 3.08. The summed E-state index contributed by atoms with van der Waals surface area (Å²) in [5.41, 5.74) is 3.45. The first-order valence-electron chi connectivity index (χ1n) is 10.1. The molecule has 1 aliphatic rings. The van der Waals surface area contributed by atoms with E-state index in [4.69, 9.17) is 0 Å². The molecule has 0 aliphatic carbocycles. The average Bonchev–Trinajstić information content (AvgIpc) is 3.05. The topological polar surface area (TPSA) is 84.2 Å². The van der Waals surface area contributed by atoms with Crippen molar-refractivity contribution in [3.63, 3.8) is 0 Å². The molecule has 0 unspecified atom stereocenters. The number of carboxylic acid groups (broad SMARTS) is 1. The van der Waals surface area contributed by atoms with Crippen molar-refractivity contribution in [3.05, 3.63) is 65.2 Å². The summed E-state index contributed by atoms with van der Waals surface area (Å²) in [7, 11) is 0. The Balaban J connectivity index is 1.46. The predicted molar refractivity (Wildman–Crippen MR) is 111 cm³/mol. The number of carbonyl (C=O) groups is 2. The highest BCUT2D eigenvalue weighted by Crippen LogP contribution is 2.30. The van der Waals surface area contributed by atoms with Crippen molar-refractivity contribution in [2.75, 3.05) is 6.54 Å². The molecule has 0 saturated heterocycles. The van der Waals surface area contributed by atoms with Crippen molar-refractivity contribution in [1.29, 1.82) is 0 Å². The second-order valence-electron chi connectivity index (χ2n) is 7.84. The van der Waals surface area contributed by atoms with Crippen LogP contribution in [0.4, 0.5) is 4.39 Å². The third-order valence-electron chi connectivity index (χ3n) is 5.92. The van der Waals surface area contributed by atoms with Gasteiger partial charge in [0.15, 0.2) is 5.78 Å². The summed E-state index contributed by atoms with van der Waals surface area (Å²) in [5, 5.41) is 13.5. The Labute approximate surface area is 173 Å².